The number of benzene rings is 2. The summed E-state index contributed by atoms with van der Waals surface area (Å²) in [4.78, 5) is 24.0. The molecule has 1 amide bonds. The quantitative estimate of drug-likeness (QED) is 0.313. The van der Waals surface area contributed by atoms with Crippen LogP contribution in [0.5, 0.6) is 11.5 Å². The average molecular weight is 497 g/mol. The lowest BCUT2D eigenvalue weighted by Gasteiger charge is -2.33. The minimum atomic E-state index is -4.13. The number of alkyl halides is 2. The van der Waals surface area contributed by atoms with E-state index in [0.29, 0.717) is 0 Å². The predicted molar refractivity (Wildman–Crippen MR) is 117 cm³/mol. The van der Waals surface area contributed by atoms with Crippen molar-refractivity contribution in [2.24, 2.45) is 0 Å². The Bertz CT molecular complexity index is 1200. The van der Waals surface area contributed by atoms with Gasteiger partial charge in [-0.25, -0.2) is 8.42 Å². The topological polar surface area (TPSA) is 119 Å². The maximum atomic E-state index is 12.9. The maximum Gasteiger partial charge on any atom is 0.387 e. The Balaban J connectivity index is 1.70. The van der Waals surface area contributed by atoms with Crippen LogP contribution in [0.15, 0.2) is 53.4 Å². The van der Waals surface area contributed by atoms with Crippen LogP contribution in [-0.4, -0.2) is 68.4 Å². The second-order valence-corrected chi connectivity index (χ2v) is 8.95. The second kappa shape index (κ2) is 10.6. The number of carbonyl (C=O) groups excluding carboxylic acids is 1. The molecule has 0 saturated carbocycles. The number of ether oxygens (including phenoxy) is 2. The van der Waals surface area contributed by atoms with Gasteiger partial charge >= 0.3 is 6.61 Å². The van der Waals surface area contributed by atoms with Crippen molar-refractivity contribution in [1.29, 1.82) is 0 Å². The molecule has 0 bridgehead atoms. The van der Waals surface area contributed by atoms with Gasteiger partial charge in [0.05, 0.1) is 12.0 Å². The molecule has 0 radical (unpaired) electrons. The lowest BCUT2D eigenvalue weighted by Crippen LogP contribution is -2.50. The summed E-state index contributed by atoms with van der Waals surface area (Å²) >= 11 is 0. The number of hydrogen-bond donors (Lipinski definition) is 0. The fourth-order valence-electron chi connectivity index (χ4n) is 3.42. The van der Waals surface area contributed by atoms with Gasteiger partial charge in [-0.15, -0.1) is 0 Å². The molecule has 0 unspecified atom stereocenters. The number of piperazine rings is 1. The van der Waals surface area contributed by atoms with Gasteiger partial charge in [0, 0.05) is 43.9 Å². The molecule has 0 aliphatic carbocycles. The van der Waals surface area contributed by atoms with Gasteiger partial charge in [0.2, 0.25) is 15.9 Å². The highest BCUT2D eigenvalue weighted by Gasteiger charge is 2.34. The zero-order valence-electron chi connectivity index (χ0n) is 18.0. The molecular formula is C21H21F2N3O7S. The molecule has 2 aromatic carbocycles. The van der Waals surface area contributed by atoms with E-state index in [9.17, 15) is 32.1 Å². The van der Waals surface area contributed by atoms with Gasteiger partial charge in [-0.2, -0.15) is 13.1 Å². The van der Waals surface area contributed by atoms with Gasteiger partial charge in [-0.3, -0.25) is 14.9 Å². The van der Waals surface area contributed by atoms with E-state index in [1.165, 1.54) is 54.5 Å². The van der Waals surface area contributed by atoms with E-state index in [1.54, 1.807) is 6.07 Å². The number of amides is 1. The Kier molecular flexibility index (Phi) is 7.79. The molecule has 13 heteroatoms. The molecule has 34 heavy (non-hydrogen) atoms. The molecule has 3 rings (SSSR count). The van der Waals surface area contributed by atoms with E-state index >= 15 is 0 Å². The number of nitro benzene ring substituents is 1. The minimum absolute atomic E-state index is 0.0432. The zero-order chi connectivity index (χ0) is 24.9. The third kappa shape index (κ3) is 5.48. The number of methoxy groups -OCH3 is 1. The van der Waals surface area contributed by atoms with Gasteiger partial charge < -0.3 is 14.4 Å². The Labute approximate surface area is 194 Å². The van der Waals surface area contributed by atoms with Crippen molar-refractivity contribution in [3.8, 4) is 11.5 Å². The average Bonchev–Trinajstić information content (AvgIpc) is 2.82. The summed E-state index contributed by atoms with van der Waals surface area (Å²) in [6, 6.07) is 9.51. The van der Waals surface area contributed by atoms with E-state index in [1.807, 2.05) is 0 Å². The van der Waals surface area contributed by atoms with Crippen LogP contribution in [0.1, 0.15) is 5.56 Å². The first-order valence-corrected chi connectivity index (χ1v) is 11.4. The lowest BCUT2D eigenvalue weighted by atomic mass is 10.1. The van der Waals surface area contributed by atoms with E-state index in [-0.39, 0.29) is 43.2 Å². The predicted octanol–water partition coefficient (Wildman–Crippen LogP) is 2.75. The first-order chi connectivity index (χ1) is 16.1. The van der Waals surface area contributed by atoms with Crippen molar-refractivity contribution in [2.75, 3.05) is 33.3 Å². The Hall–Kier alpha value is -3.58. The summed E-state index contributed by atoms with van der Waals surface area (Å²) in [7, 11) is -2.84. The number of nitrogens with zero attached hydrogens (tertiary/aromatic N) is 3. The molecule has 1 fully saturated rings. The summed E-state index contributed by atoms with van der Waals surface area (Å²) in [5.41, 5.74) is -0.324. The van der Waals surface area contributed by atoms with Gasteiger partial charge in [-0.1, -0.05) is 24.3 Å². The molecule has 1 saturated heterocycles. The van der Waals surface area contributed by atoms with Gasteiger partial charge in [0.1, 0.15) is 0 Å². The van der Waals surface area contributed by atoms with Crippen molar-refractivity contribution in [1.82, 2.24) is 9.21 Å². The first kappa shape index (κ1) is 25.1. The first-order valence-electron chi connectivity index (χ1n) is 9.97. The highest BCUT2D eigenvalue weighted by atomic mass is 32.2. The smallest absolute Gasteiger partial charge is 0.387 e. The summed E-state index contributed by atoms with van der Waals surface area (Å²) < 4.78 is 61.9. The van der Waals surface area contributed by atoms with Crippen LogP contribution in [0.2, 0.25) is 0 Å². The number of carbonyl (C=O) groups is 1. The summed E-state index contributed by atoms with van der Waals surface area (Å²) in [6.07, 6.45) is 2.47. The summed E-state index contributed by atoms with van der Waals surface area (Å²) in [5.74, 6) is -0.610. The van der Waals surface area contributed by atoms with Crippen LogP contribution in [0.25, 0.3) is 6.08 Å². The standard InChI is InChI=1S/C21H21F2N3O7S/c1-32-17-7-4-5-15(20(17)33-21(22)23)9-10-19(27)24-11-13-25(14-12-24)34(30,31)18-8-3-2-6-16(18)26(28)29/h2-10,21H,11-14H2,1H3/b10-9+. The van der Waals surface area contributed by atoms with Crippen LogP contribution in [0.4, 0.5) is 14.5 Å². The van der Waals surface area contributed by atoms with Crippen LogP contribution >= 0.6 is 0 Å². The molecule has 0 spiro atoms. The summed E-state index contributed by atoms with van der Waals surface area (Å²) in [5, 5.41) is 11.2. The Morgan fingerprint density at radius 1 is 1.12 bits per heavy atom. The molecule has 10 nitrogen and oxygen atoms in total. The lowest BCUT2D eigenvalue weighted by molar-refractivity contribution is -0.387. The molecule has 1 aliphatic heterocycles. The number of hydrogen-bond acceptors (Lipinski definition) is 7. The molecule has 0 N–H and O–H groups in total. The van der Waals surface area contributed by atoms with Gasteiger partial charge in [0.25, 0.3) is 5.69 Å². The monoisotopic (exact) mass is 497 g/mol. The molecule has 1 aliphatic rings. The highest BCUT2D eigenvalue weighted by molar-refractivity contribution is 7.89. The number of halogens is 2. The van der Waals surface area contributed by atoms with Crippen molar-refractivity contribution >= 4 is 27.7 Å². The number of nitro groups is 1. The van der Waals surface area contributed by atoms with Gasteiger partial charge in [-0.05, 0) is 18.2 Å². The number of para-hydroxylation sites is 2. The molecular weight excluding hydrogens is 476 g/mol. The Morgan fingerprint density at radius 2 is 1.79 bits per heavy atom. The van der Waals surface area contributed by atoms with Gasteiger partial charge in [0.15, 0.2) is 16.4 Å². The molecule has 1 heterocycles. The van der Waals surface area contributed by atoms with E-state index < -0.39 is 38.0 Å². The molecule has 0 atom stereocenters. The van der Waals surface area contributed by atoms with Crippen LogP contribution in [-0.2, 0) is 14.8 Å². The zero-order valence-corrected chi connectivity index (χ0v) is 18.8. The fraction of sp³-hybridized carbons (Fsp3) is 0.286. The van der Waals surface area contributed by atoms with E-state index in [2.05, 4.69) is 4.74 Å². The normalized spacial score (nSPS) is 15.0. The fourth-order valence-corrected chi connectivity index (χ4v) is 5.00. The van der Waals surface area contributed by atoms with Crippen molar-refractivity contribution in [3.05, 3.63) is 64.2 Å². The number of sulfonamides is 1. The molecule has 2 aromatic rings. The highest BCUT2D eigenvalue weighted by Crippen LogP contribution is 2.33. The second-order valence-electron chi connectivity index (χ2n) is 7.04. The van der Waals surface area contributed by atoms with Crippen LogP contribution < -0.4 is 9.47 Å². The van der Waals surface area contributed by atoms with E-state index in [0.717, 1.165) is 10.4 Å². The van der Waals surface area contributed by atoms with Crippen molar-refractivity contribution < 1.29 is 36.4 Å². The summed E-state index contributed by atoms with van der Waals surface area (Å²) in [6.45, 7) is -3.13. The third-order valence-corrected chi connectivity index (χ3v) is 7.02. The third-order valence-electron chi connectivity index (χ3n) is 5.07. The van der Waals surface area contributed by atoms with Crippen LogP contribution in [0.3, 0.4) is 0 Å². The molecule has 0 aromatic heterocycles. The SMILES string of the molecule is COc1cccc(/C=C/C(=O)N2CCN(S(=O)(=O)c3ccccc3[N+](=O)[O-])CC2)c1OC(F)F. The Morgan fingerprint density at radius 3 is 2.41 bits per heavy atom. The number of rotatable bonds is 8. The maximum absolute atomic E-state index is 12.9. The largest absolute Gasteiger partial charge is 0.493 e. The van der Waals surface area contributed by atoms with Crippen LogP contribution in [0, 0.1) is 10.1 Å². The van der Waals surface area contributed by atoms with E-state index in [4.69, 9.17) is 4.74 Å². The minimum Gasteiger partial charge on any atom is -0.493 e. The molecule has 182 valence electrons. The van der Waals surface area contributed by atoms with Crippen molar-refractivity contribution in [2.45, 2.75) is 11.5 Å². The van der Waals surface area contributed by atoms with Crippen molar-refractivity contribution in [3.63, 3.8) is 0 Å².